The van der Waals surface area contributed by atoms with Gasteiger partial charge in [0, 0.05) is 42.5 Å². The summed E-state index contributed by atoms with van der Waals surface area (Å²) in [6, 6.07) is 4.43. The van der Waals surface area contributed by atoms with Gasteiger partial charge in [-0.15, -0.1) is 11.3 Å². The Morgan fingerprint density at radius 2 is 2.21 bits per heavy atom. The normalized spacial score (nSPS) is 25.3. The fourth-order valence-electron chi connectivity index (χ4n) is 6.80. The molecule has 0 saturated carbocycles. The van der Waals surface area contributed by atoms with Crippen LogP contribution in [0.3, 0.4) is 0 Å². The van der Waals surface area contributed by atoms with Crippen LogP contribution in [0.15, 0.2) is 12.3 Å². The second-order valence-corrected chi connectivity index (χ2v) is 12.1. The summed E-state index contributed by atoms with van der Waals surface area (Å²) in [6.45, 7) is 3.60. The summed E-state index contributed by atoms with van der Waals surface area (Å²) in [4.78, 5) is 19.4. The molecule has 11 nitrogen and oxygen atoms in total. The van der Waals surface area contributed by atoms with Gasteiger partial charge in [0.15, 0.2) is 0 Å². The highest BCUT2D eigenvalue weighted by Crippen LogP contribution is 2.52. The molecule has 3 aromatic heterocycles. The number of aromatic amines is 1. The zero-order chi connectivity index (χ0) is 25.9. The van der Waals surface area contributed by atoms with Crippen LogP contribution in [-0.4, -0.2) is 74.5 Å². The monoisotopic (exact) mass is 536 g/mol. The van der Waals surface area contributed by atoms with E-state index < -0.39 is 6.17 Å². The molecule has 3 fully saturated rings. The van der Waals surface area contributed by atoms with Gasteiger partial charge in [-0.3, -0.25) is 10.00 Å². The lowest BCUT2D eigenvalue weighted by Crippen LogP contribution is -2.59. The number of nitriles is 1. The molecule has 1 aliphatic carbocycles. The molecule has 0 bridgehead atoms. The topological polar surface area (TPSA) is 145 Å². The first kappa shape index (κ1) is 23.6. The van der Waals surface area contributed by atoms with Gasteiger partial charge in [0.25, 0.3) is 0 Å². The standard InChI is InChI=1S/C25H29FN10OS/c26-15-8-25(4-1-7-36(25)11-15)14-37-23-32-21(29-10-16-3-6-30-34-16)31-22(33-23)35-12-24(13-35)5-2-18-19(24)17(9-27)20(28)38-18/h3,6,15H,1-2,4-5,7-8,10-14,28H2,(H,30,34)(H,29,31,32,33)/t15-,25+/m1/s1. The minimum atomic E-state index is -0.822. The first-order chi connectivity index (χ1) is 18.5. The van der Waals surface area contributed by atoms with Crippen molar-refractivity contribution in [2.45, 2.75) is 55.8 Å². The van der Waals surface area contributed by atoms with E-state index in [0.29, 0.717) is 61.7 Å². The third-order valence-corrected chi connectivity index (χ3v) is 9.66. The molecule has 4 aliphatic rings. The van der Waals surface area contributed by atoms with E-state index in [9.17, 15) is 9.65 Å². The van der Waals surface area contributed by atoms with Crippen molar-refractivity contribution in [3.63, 3.8) is 0 Å². The van der Waals surface area contributed by atoms with Crippen LogP contribution in [0.2, 0.25) is 0 Å². The number of ether oxygens (including phenoxy) is 1. The maximum absolute atomic E-state index is 14.3. The highest BCUT2D eigenvalue weighted by Gasteiger charge is 2.52. The molecular formula is C25H29FN10OS. The van der Waals surface area contributed by atoms with E-state index in [1.807, 2.05) is 6.07 Å². The van der Waals surface area contributed by atoms with Crippen LogP contribution in [0, 0.1) is 11.3 Å². The maximum atomic E-state index is 14.3. The zero-order valence-corrected chi connectivity index (χ0v) is 21.7. The number of nitrogens with one attached hydrogen (secondary N) is 2. The van der Waals surface area contributed by atoms with Gasteiger partial charge in [0.1, 0.15) is 23.8 Å². The Morgan fingerprint density at radius 3 is 3.03 bits per heavy atom. The first-order valence-electron chi connectivity index (χ1n) is 13.0. The summed E-state index contributed by atoms with van der Waals surface area (Å²) >= 11 is 1.54. The summed E-state index contributed by atoms with van der Waals surface area (Å²) in [6.07, 6.45) is 5.25. The second kappa shape index (κ2) is 8.78. The Morgan fingerprint density at radius 1 is 1.32 bits per heavy atom. The highest BCUT2D eigenvalue weighted by molar-refractivity contribution is 7.16. The van der Waals surface area contributed by atoms with Gasteiger partial charge in [-0.05, 0) is 43.9 Å². The van der Waals surface area contributed by atoms with Gasteiger partial charge < -0.3 is 20.7 Å². The molecule has 0 amide bonds. The summed E-state index contributed by atoms with van der Waals surface area (Å²) in [5.74, 6) is 0.930. The van der Waals surface area contributed by atoms with E-state index in [2.05, 4.69) is 41.4 Å². The molecule has 6 heterocycles. The minimum absolute atomic E-state index is 0.102. The van der Waals surface area contributed by atoms with Crippen molar-refractivity contribution in [3.05, 3.63) is 34.0 Å². The van der Waals surface area contributed by atoms with Crippen molar-refractivity contribution in [1.29, 1.82) is 5.26 Å². The van der Waals surface area contributed by atoms with Crippen LogP contribution in [0.4, 0.5) is 21.3 Å². The first-order valence-corrected chi connectivity index (χ1v) is 13.9. The third-order valence-electron chi connectivity index (χ3n) is 8.58. The van der Waals surface area contributed by atoms with Crippen molar-refractivity contribution >= 4 is 28.2 Å². The van der Waals surface area contributed by atoms with E-state index in [-0.39, 0.29) is 17.0 Å². The number of thiophene rings is 1. The second-order valence-electron chi connectivity index (χ2n) is 10.9. The minimum Gasteiger partial charge on any atom is -0.461 e. The Balaban J connectivity index is 1.13. The van der Waals surface area contributed by atoms with Crippen LogP contribution >= 0.6 is 11.3 Å². The number of rotatable bonds is 7. The van der Waals surface area contributed by atoms with Crippen molar-refractivity contribution in [2.75, 3.05) is 48.7 Å². The van der Waals surface area contributed by atoms with Crippen LogP contribution in [0.5, 0.6) is 6.01 Å². The fourth-order valence-corrected chi connectivity index (χ4v) is 7.94. The summed E-state index contributed by atoms with van der Waals surface area (Å²) in [5, 5.41) is 20.5. The molecule has 1 spiro atoms. The quantitative estimate of drug-likeness (QED) is 0.411. The van der Waals surface area contributed by atoms with Crippen LogP contribution < -0.4 is 20.7 Å². The molecule has 38 heavy (non-hydrogen) atoms. The molecular weight excluding hydrogens is 507 g/mol. The molecule has 13 heteroatoms. The fraction of sp³-hybridized carbons (Fsp3) is 0.560. The van der Waals surface area contributed by atoms with E-state index >= 15 is 0 Å². The van der Waals surface area contributed by atoms with Gasteiger partial charge >= 0.3 is 6.01 Å². The molecule has 3 saturated heterocycles. The lowest BCUT2D eigenvalue weighted by molar-refractivity contribution is 0.107. The summed E-state index contributed by atoms with van der Waals surface area (Å²) in [5.41, 5.74) is 8.40. The number of hydrogen-bond acceptors (Lipinski definition) is 11. The Bertz CT molecular complexity index is 1400. The SMILES string of the molecule is N#Cc1c(N)sc2c1C1(CC2)CN(c2nc(NCc3ccn[nH]3)nc(OC[C@@]34CCCN3C[C@H](F)C4)n2)C1. The number of nitrogens with zero attached hydrogens (tertiary/aromatic N) is 7. The number of aryl methyl sites for hydroxylation is 1. The predicted molar refractivity (Wildman–Crippen MR) is 140 cm³/mol. The van der Waals surface area contributed by atoms with E-state index in [1.165, 1.54) is 16.2 Å². The van der Waals surface area contributed by atoms with E-state index in [1.54, 1.807) is 6.20 Å². The van der Waals surface area contributed by atoms with Gasteiger partial charge in [0.05, 0.1) is 23.3 Å². The van der Waals surface area contributed by atoms with Gasteiger partial charge in [-0.2, -0.15) is 25.3 Å². The van der Waals surface area contributed by atoms with Crippen LogP contribution in [0.1, 0.15) is 47.4 Å². The van der Waals surface area contributed by atoms with E-state index in [4.69, 9.17) is 15.5 Å². The average molecular weight is 537 g/mol. The van der Waals surface area contributed by atoms with Gasteiger partial charge in [0.2, 0.25) is 11.9 Å². The molecule has 4 N–H and O–H groups in total. The Kier molecular flexibility index (Phi) is 5.45. The average Bonchev–Trinajstić information content (AvgIpc) is 3.68. The number of alkyl halides is 1. The Labute approximate surface area is 223 Å². The largest absolute Gasteiger partial charge is 0.461 e. The van der Waals surface area contributed by atoms with Crippen molar-refractivity contribution in [2.24, 2.45) is 0 Å². The zero-order valence-electron chi connectivity index (χ0n) is 20.9. The number of nitrogens with two attached hydrogens (primary N) is 1. The number of H-pyrrole nitrogens is 1. The molecule has 3 aliphatic heterocycles. The number of halogens is 1. The van der Waals surface area contributed by atoms with Crippen molar-refractivity contribution < 1.29 is 9.13 Å². The van der Waals surface area contributed by atoms with Crippen LogP contribution in [-0.2, 0) is 18.4 Å². The molecule has 0 aromatic carbocycles. The van der Waals surface area contributed by atoms with Crippen LogP contribution in [0.25, 0.3) is 0 Å². The molecule has 0 radical (unpaired) electrons. The third kappa shape index (κ3) is 3.77. The molecule has 7 rings (SSSR count). The summed E-state index contributed by atoms with van der Waals surface area (Å²) < 4.78 is 20.4. The smallest absolute Gasteiger partial charge is 0.323 e. The predicted octanol–water partition coefficient (Wildman–Crippen LogP) is 2.38. The Hall–Kier alpha value is -3.50. The number of nitrogen functional groups attached to an aromatic ring is 1. The lowest BCUT2D eigenvalue weighted by Gasteiger charge is -2.48. The number of hydrogen-bond donors (Lipinski definition) is 3. The molecule has 2 atom stereocenters. The number of anilines is 3. The van der Waals surface area contributed by atoms with Crippen molar-refractivity contribution in [1.82, 2.24) is 30.0 Å². The lowest BCUT2D eigenvalue weighted by atomic mass is 9.74. The molecule has 3 aromatic rings. The highest BCUT2D eigenvalue weighted by atomic mass is 32.1. The molecule has 0 unspecified atom stereocenters. The summed E-state index contributed by atoms with van der Waals surface area (Å²) in [7, 11) is 0. The van der Waals surface area contributed by atoms with Crippen molar-refractivity contribution in [3.8, 4) is 12.1 Å². The number of aromatic nitrogens is 5. The molecule has 198 valence electrons. The van der Waals surface area contributed by atoms with E-state index in [0.717, 1.165) is 43.5 Å². The number of fused-ring (bicyclic) bond motifs is 3. The van der Waals surface area contributed by atoms with Gasteiger partial charge in [-0.1, -0.05) is 0 Å². The van der Waals surface area contributed by atoms with Gasteiger partial charge in [-0.25, -0.2) is 4.39 Å². The maximum Gasteiger partial charge on any atom is 0.323 e.